The van der Waals surface area contributed by atoms with Gasteiger partial charge in [-0.15, -0.1) is 0 Å². The van der Waals surface area contributed by atoms with E-state index in [0.29, 0.717) is 12.8 Å². The van der Waals surface area contributed by atoms with Gasteiger partial charge in [0.1, 0.15) is 0 Å². The number of ether oxygens (including phenoxy) is 2. The first-order valence-corrected chi connectivity index (χ1v) is 7.80. The lowest BCUT2D eigenvalue weighted by Gasteiger charge is -2.37. The van der Waals surface area contributed by atoms with Gasteiger partial charge in [0.05, 0.1) is 6.61 Å². The highest BCUT2D eigenvalue weighted by molar-refractivity contribution is 6.52. The van der Waals surface area contributed by atoms with Crippen LogP contribution in [0.2, 0.25) is 12.6 Å². The van der Waals surface area contributed by atoms with Gasteiger partial charge < -0.3 is 14.1 Å². The van der Waals surface area contributed by atoms with E-state index in [9.17, 15) is 0 Å². The van der Waals surface area contributed by atoms with Crippen LogP contribution >= 0.6 is 0 Å². The molecule has 19 heavy (non-hydrogen) atoms. The minimum atomic E-state index is 0.0363. The van der Waals surface area contributed by atoms with Crippen LogP contribution in [0.1, 0.15) is 32.1 Å². The van der Waals surface area contributed by atoms with Crippen molar-refractivity contribution in [3.05, 3.63) is 11.6 Å². The number of rotatable bonds is 4. The summed E-state index contributed by atoms with van der Waals surface area (Å²) < 4.78 is 17.2. The van der Waals surface area contributed by atoms with E-state index >= 15 is 0 Å². The van der Waals surface area contributed by atoms with Crippen molar-refractivity contribution in [3.63, 3.8) is 0 Å². The summed E-state index contributed by atoms with van der Waals surface area (Å²) in [5.41, 5.74) is 1.49. The van der Waals surface area contributed by atoms with E-state index in [1.165, 1.54) is 43.9 Å². The van der Waals surface area contributed by atoms with Crippen LogP contribution in [-0.4, -0.2) is 33.5 Å². The summed E-state index contributed by atoms with van der Waals surface area (Å²) in [6.45, 7) is 2.08. The maximum atomic E-state index is 5.95. The van der Waals surface area contributed by atoms with Crippen LogP contribution in [0.3, 0.4) is 0 Å². The van der Waals surface area contributed by atoms with Gasteiger partial charge in [-0.25, -0.2) is 0 Å². The standard InChI is InChI=1S/C15H25BO3/c1-17-16-9-12-5-6-13(14(8-12)10-16)11-19-15-4-2-3-7-18-15/h6,12,14-15H,2-5,7-11H2,1H3. The van der Waals surface area contributed by atoms with E-state index in [1.807, 2.05) is 7.11 Å². The smallest absolute Gasteiger partial charge is 0.293 e. The molecule has 3 rings (SSSR count). The first-order chi connectivity index (χ1) is 9.35. The largest absolute Gasteiger partial charge is 0.438 e. The summed E-state index contributed by atoms with van der Waals surface area (Å²) in [5, 5.41) is 0. The molecule has 3 nitrogen and oxygen atoms in total. The minimum Gasteiger partial charge on any atom is -0.438 e. The predicted octanol–water partition coefficient (Wildman–Crippen LogP) is 3.13. The summed E-state index contributed by atoms with van der Waals surface area (Å²) in [7, 11) is 1.85. The molecule has 0 aromatic rings. The van der Waals surface area contributed by atoms with Crippen molar-refractivity contribution in [2.24, 2.45) is 11.8 Å². The van der Waals surface area contributed by atoms with Crippen LogP contribution in [0.25, 0.3) is 0 Å². The Hall–Kier alpha value is -0.315. The molecule has 3 unspecified atom stereocenters. The average molecular weight is 264 g/mol. The Morgan fingerprint density at radius 3 is 3.11 bits per heavy atom. The van der Waals surface area contributed by atoms with Crippen LogP contribution in [0.4, 0.5) is 0 Å². The third-order valence-electron chi connectivity index (χ3n) is 4.91. The van der Waals surface area contributed by atoms with Crippen molar-refractivity contribution >= 4 is 6.92 Å². The maximum Gasteiger partial charge on any atom is 0.293 e. The summed E-state index contributed by atoms with van der Waals surface area (Å²) >= 11 is 0. The Morgan fingerprint density at radius 1 is 1.37 bits per heavy atom. The lowest BCUT2D eigenvalue weighted by Crippen LogP contribution is -2.34. The number of allylic oxidation sites excluding steroid dienone is 1. The number of hydrogen-bond donors (Lipinski definition) is 0. The second-order valence-electron chi connectivity index (χ2n) is 6.25. The third-order valence-corrected chi connectivity index (χ3v) is 4.91. The lowest BCUT2D eigenvalue weighted by atomic mass is 9.47. The molecule has 2 fully saturated rings. The Balaban J connectivity index is 1.52. The van der Waals surface area contributed by atoms with Crippen molar-refractivity contribution in [2.45, 2.75) is 51.0 Å². The van der Waals surface area contributed by atoms with Crippen LogP contribution in [0.15, 0.2) is 11.6 Å². The summed E-state index contributed by atoms with van der Waals surface area (Å²) in [5.74, 6) is 1.51. The molecule has 3 atom stereocenters. The van der Waals surface area contributed by atoms with E-state index in [4.69, 9.17) is 14.1 Å². The van der Waals surface area contributed by atoms with Gasteiger partial charge in [0, 0.05) is 13.7 Å². The fraction of sp³-hybridized carbons (Fsp3) is 0.867. The highest BCUT2D eigenvalue weighted by Crippen LogP contribution is 2.41. The molecule has 0 radical (unpaired) electrons. The molecule has 1 aliphatic carbocycles. The fourth-order valence-corrected chi connectivity index (χ4v) is 3.76. The SMILES string of the molecule is COB1CC2CC=C(COC3CCCCO3)C(C1)C2. The zero-order chi connectivity index (χ0) is 13.1. The molecule has 2 bridgehead atoms. The predicted molar refractivity (Wildman–Crippen MR) is 76.2 cm³/mol. The molecule has 106 valence electrons. The van der Waals surface area contributed by atoms with Gasteiger partial charge in [0.15, 0.2) is 6.29 Å². The highest BCUT2D eigenvalue weighted by atomic mass is 16.7. The van der Waals surface area contributed by atoms with E-state index in [2.05, 4.69) is 6.08 Å². The van der Waals surface area contributed by atoms with Crippen molar-refractivity contribution in [3.8, 4) is 0 Å². The van der Waals surface area contributed by atoms with Crippen molar-refractivity contribution in [1.82, 2.24) is 0 Å². The molecule has 2 aliphatic heterocycles. The van der Waals surface area contributed by atoms with Gasteiger partial charge in [-0.2, -0.15) is 0 Å². The zero-order valence-electron chi connectivity index (χ0n) is 12.0. The van der Waals surface area contributed by atoms with Crippen LogP contribution < -0.4 is 0 Å². The second kappa shape index (κ2) is 6.42. The molecular weight excluding hydrogens is 239 g/mol. The molecule has 2 heterocycles. The third kappa shape index (κ3) is 3.42. The monoisotopic (exact) mass is 264 g/mol. The summed E-state index contributed by atoms with van der Waals surface area (Å²) in [6, 6.07) is 0. The molecular formula is C15H25BO3. The molecule has 0 N–H and O–H groups in total. The van der Waals surface area contributed by atoms with Crippen molar-refractivity contribution in [2.75, 3.05) is 20.3 Å². The van der Waals surface area contributed by atoms with E-state index in [-0.39, 0.29) is 6.29 Å². The van der Waals surface area contributed by atoms with E-state index in [1.54, 1.807) is 0 Å². The van der Waals surface area contributed by atoms with Gasteiger partial charge in [0.25, 0.3) is 6.92 Å². The van der Waals surface area contributed by atoms with Crippen molar-refractivity contribution < 1.29 is 14.1 Å². The Morgan fingerprint density at radius 2 is 2.32 bits per heavy atom. The topological polar surface area (TPSA) is 27.7 Å². The molecule has 4 heteroatoms. The zero-order valence-corrected chi connectivity index (χ0v) is 12.0. The van der Waals surface area contributed by atoms with Crippen LogP contribution in [-0.2, 0) is 14.1 Å². The number of fused-ring (bicyclic) bond motifs is 2. The Labute approximate surface area is 116 Å². The Kier molecular flexibility index (Phi) is 4.62. The highest BCUT2D eigenvalue weighted by Gasteiger charge is 2.36. The second-order valence-corrected chi connectivity index (χ2v) is 6.25. The van der Waals surface area contributed by atoms with Gasteiger partial charge in [-0.05, 0) is 62.2 Å². The Bertz CT molecular complexity index is 325. The summed E-state index contributed by atoms with van der Waals surface area (Å²) in [4.78, 5) is 0. The molecule has 0 spiro atoms. The maximum absolute atomic E-state index is 5.95. The first-order valence-electron chi connectivity index (χ1n) is 7.80. The van der Waals surface area contributed by atoms with E-state index < -0.39 is 0 Å². The summed E-state index contributed by atoms with van der Waals surface area (Å²) in [6.07, 6.45) is 10.9. The first kappa shape index (κ1) is 13.7. The molecule has 0 aromatic carbocycles. The van der Waals surface area contributed by atoms with Gasteiger partial charge in [-0.1, -0.05) is 6.08 Å². The normalized spacial score (nSPS) is 35.1. The molecule has 3 aliphatic rings. The quantitative estimate of drug-likeness (QED) is 0.576. The van der Waals surface area contributed by atoms with Gasteiger partial charge >= 0.3 is 0 Å². The fourth-order valence-electron chi connectivity index (χ4n) is 3.76. The lowest BCUT2D eigenvalue weighted by molar-refractivity contribution is -0.157. The van der Waals surface area contributed by atoms with Crippen molar-refractivity contribution in [1.29, 1.82) is 0 Å². The van der Waals surface area contributed by atoms with Crippen LogP contribution in [0.5, 0.6) is 0 Å². The molecule has 0 amide bonds. The van der Waals surface area contributed by atoms with Gasteiger partial charge in [0.2, 0.25) is 0 Å². The van der Waals surface area contributed by atoms with E-state index in [0.717, 1.165) is 25.6 Å². The van der Waals surface area contributed by atoms with Gasteiger partial charge in [-0.3, -0.25) is 0 Å². The minimum absolute atomic E-state index is 0.0363. The number of hydrogen-bond acceptors (Lipinski definition) is 3. The molecule has 0 saturated carbocycles. The average Bonchev–Trinajstić information content (AvgIpc) is 2.47. The molecule has 2 saturated heterocycles. The van der Waals surface area contributed by atoms with Crippen LogP contribution in [0, 0.1) is 11.8 Å². The molecule has 0 aromatic heterocycles.